The van der Waals surface area contributed by atoms with Crippen LogP contribution in [-0.2, 0) is 0 Å². The second kappa shape index (κ2) is 6.01. The Labute approximate surface area is 122 Å². The van der Waals surface area contributed by atoms with Crippen LogP contribution in [0.3, 0.4) is 0 Å². The molecule has 1 N–H and O–H groups in total. The van der Waals surface area contributed by atoms with Crippen molar-refractivity contribution >= 4 is 23.2 Å². The number of pyridine rings is 1. The molecule has 0 aliphatic heterocycles. The van der Waals surface area contributed by atoms with E-state index in [1.165, 1.54) is 30.6 Å². The van der Waals surface area contributed by atoms with Gasteiger partial charge in [-0.25, -0.2) is 0 Å². The highest BCUT2D eigenvalue weighted by molar-refractivity contribution is 6.34. The van der Waals surface area contributed by atoms with Crippen LogP contribution in [0.25, 0.3) is 0 Å². The Morgan fingerprint density at radius 2 is 2.05 bits per heavy atom. The lowest BCUT2D eigenvalue weighted by atomic mass is 10.2. The van der Waals surface area contributed by atoms with Gasteiger partial charge in [-0.15, -0.1) is 13.2 Å². The van der Waals surface area contributed by atoms with E-state index in [0.29, 0.717) is 0 Å². The van der Waals surface area contributed by atoms with Crippen LogP contribution in [-0.4, -0.2) is 17.3 Å². The monoisotopic (exact) mass is 316 g/mol. The maximum absolute atomic E-state index is 12.1. The molecule has 21 heavy (non-hydrogen) atoms. The van der Waals surface area contributed by atoms with Gasteiger partial charge in [-0.2, -0.15) is 0 Å². The van der Waals surface area contributed by atoms with Crippen molar-refractivity contribution in [2.24, 2.45) is 0 Å². The summed E-state index contributed by atoms with van der Waals surface area (Å²) in [6, 6.07) is 6.33. The van der Waals surface area contributed by atoms with Gasteiger partial charge in [0.1, 0.15) is 5.75 Å². The average Bonchev–Trinajstić information content (AvgIpc) is 2.37. The predicted molar refractivity (Wildman–Crippen MR) is 70.3 cm³/mol. The Morgan fingerprint density at radius 3 is 2.71 bits per heavy atom. The van der Waals surface area contributed by atoms with Crippen LogP contribution in [0.15, 0.2) is 42.7 Å². The molecule has 0 saturated carbocycles. The molecule has 1 aromatic carbocycles. The molecule has 1 amide bonds. The van der Waals surface area contributed by atoms with Crippen molar-refractivity contribution in [3.05, 3.63) is 53.3 Å². The Bertz CT molecular complexity index is 662. The highest BCUT2D eigenvalue weighted by atomic mass is 35.5. The number of hydrogen-bond acceptors (Lipinski definition) is 3. The number of benzene rings is 1. The van der Waals surface area contributed by atoms with Gasteiger partial charge < -0.3 is 10.1 Å². The standard InChI is InChI=1S/C13H8ClF3N2O2/c14-11-7-18-5-4-10(11)12(20)19-8-2-1-3-9(6-8)21-13(15,16)17/h1-7H,(H,19,20). The van der Waals surface area contributed by atoms with E-state index in [0.717, 1.165) is 12.1 Å². The van der Waals surface area contributed by atoms with E-state index >= 15 is 0 Å². The number of ether oxygens (including phenoxy) is 1. The molecule has 110 valence electrons. The summed E-state index contributed by atoms with van der Waals surface area (Å²) in [5, 5.41) is 2.56. The lowest BCUT2D eigenvalue weighted by Gasteiger charge is -2.11. The third kappa shape index (κ3) is 4.35. The molecular weight excluding hydrogens is 309 g/mol. The van der Waals surface area contributed by atoms with Crippen molar-refractivity contribution in [2.45, 2.75) is 6.36 Å². The number of nitrogens with one attached hydrogen (secondary N) is 1. The predicted octanol–water partition coefficient (Wildman–Crippen LogP) is 3.89. The van der Waals surface area contributed by atoms with Crippen LogP contribution in [0.2, 0.25) is 5.02 Å². The van der Waals surface area contributed by atoms with Gasteiger partial charge in [0.05, 0.1) is 10.6 Å². The summed E-state index contributed by atoms with van der Waals surface area (Å²) in [5.41, 5.74) is 0.309. The first-order valence-electron chi connectivity index (χ1n) is 5.62. The van der Waals surface area contributed by atoms with Gasteiger partial charge in [-0.1, -0.05) is 17.7 Å². The molecule has 1 aromatic heterocycles. The van der Waals surface area contributed by atoms with E-state index in [1.54, 1.807) is 0 Å². The number of alkyl halides is 3. The number of rotatable bonds is 3. The molecule has 4 nitrogen and oxygen atoms in total. The summed E-state index contributed by atoms with van der Waals surface area (Å²) in [6.07, 6.45) is -2.12. The molecule has 0 bridgehead atoms. The first-order valence-corrected chi connectivity index (χ1v) is 5.99. The number of halogens is 4. The fourth-order valence-corrected chi connectivity index (χ4v) is 1.73. The van der Waals surface area contributed by atoms with E-state index < -0.39 is 18.0 Å². The summed E-state index contributed by atoms with van der Waals surface area (Å²) in [4.78, 5) is 15.7. The smallest absolute Gasteiger partial charge is 0.406 e. The molecule has 1 heterocycles. The highest BCUT2D eigenvalue weighted by Gasteiger charge is 2.31. The quantitative estimate of drug-likeness (QED) is 0.934. The molecule has 0 spiro atoms. The van der Waals surface area contributed by atoms with Gasteiger partial charge in [-0.05, 0) is 18.2 Å². The number of nitrogens with zero attached hydrogens (tertiary/aromatic N) is 1. The number of hydrogen-bond donors (Lipinski definition) is 1. The van der Waals surface area contributed by atoms with Crippen LogP contribution < -0.4 is 10.1 Å². The minimum Gasteiger partial charge on any atom is -0.406 e. The van der Waals surface area contributed by atoms with Crippen LogP contribution >= 0.6 is 11.6 Å². The van der Waals surface area contributed by atoms with E-state index in [2.05, 4.69) is 15.0 Å². The van der Waals surface area contributed by atoms with Gasteiger partial charge in [0.2, 0.25) is 0 Å². The van der Waals surface area contributed by atoms with Crippen molar-refractivity contribution in [1.82, 2.24) is 4.98 Å². The SMILES string of the molecule is O=C(Nc1cccc(OC(F)(F)F)c1)c1ccncc1Cl. The van der Waals surface area contributed by atoms with Crippen molar-refractivity contribution in [2.75, 3.05) is 5.32 Å². The van der Waals surface area contributed by atoms with Crippen LogP contribution in [0.4, 0.5) is 18.9 Å². The number of carbonyl (C=O) groups excluding carboxylic acids is 1. The molecular formula is C13H8ClF3N2O2. The van der Waals surface area contributed by atoms with E-state index in [9.17, 15) is 18.0 Å². The summed E-state index contributed by atoms with van der Waals surface area (Å²) >= 11 is 5.81. The molecule has 0 aliphatic rings. The van der Waals surface area contributed by atoms with Crippen LogP contribution in [0.5, 0.6) is 5.75 Å². The maximum atomic E-state index is 12.1. The van der Waals surface area contributed by atoms with Gasteiger partial charge in [0.25, 0.3) is 5.91 Å². The van der Waals surface area contributed by atoms with Gasteiger partial charge in [0, 0.05) is 24.1 Å². The normalized spacial score (nSPS) is 11.0. The summed E-state index contributed by atoms with van der Waals surface area (Å²) in [5.74, 6) is -0.993. The third-order valence-corrected chi connectivity index (χ3v) is 2.64. The molecule has 0 fully saturated rings. The Morgan fingerprint density at radius 1 is 1.29 bits per heavy atom. The van der Waals surface area contributed by atoms with Crippen molar-refractivity contribution in [3.63, 3.8) is 0 Å². The zero-order chi connectivity index (χ0) is 15.5. The Kier molecular flexibility index (Phi) is 4.32. The summed E-state index contributed by atoms with van der Waals surface area (Å²) < 4.78 is 40.1. The van der Waals surface area contributed by atoms with Gasteiger partial charge in [-0.3, -0.25) is 9.78 Å². The maximum Gasteiger partial charge on any atom is 0.573 e. The fourth-order valence-electron chi connectivity index (χ4n) is 1.53. The highest BCUT2D eigenvalue weighted by Crippen LogP contribution is 2.25. The molecule has 0 atom stereocenters. The number of aromatic nitrogens is 1. The van der Waals surface area contributed by atoms with Gasteiger partial charge in [0.15, 0.2) is 0 Å². The molecule has 2 aromatic rings. The number of carbonyl (C=O) groups is 1. The minimum atomic E-state index is -4.79. The molecule has 0 aliphatic carbocycles. The lowest BCUT2D eigenvalue weighted by Crippen LogP contribution is -2.17. The molecule has 8 heteroatoms. The zero-order valence-electron chi connectivity index (χ0n) is 10.3. The second-order valence-corrected chi connectivity index (χ2v) is 4.29. The summed E-state index contributed by atoms with van der Waals surface area (Å²) in [7, 11) is 0. The van der Waals surface area contributed by atoms with Crippen molar-refractivity contribution in [3.8, 4) is 5.75 Å². The first kappa shape index (κ1) is 15.1. The topological polar surface area (TPSA) is 51.2 Å². The minimum absolute atomic E-state index is 0.137. The molecule has 2 rings (SSSR count). The van der Waals surface area contributed by atoms with E-state index in [4.69, 9.17) is 11.6 Å². The number of amides is 1. The zero-order valence-corrected chi connectivity index (χ0v) is 11.1. The van der Waals surface area contributed by atoms with Crippen molar-refractivity contribution < 1.29 is 22.7 Å². The molecule has 0 unspecified atom stereocenters. The first-order chi connectivity index (χ1) is 9.85. The average molecular weight is 317 g/mol. The molecule has 0 radical (unpaired) electrons. The Balaban J connectivity index is 2.15. The largest absolute Gasteiger partial charge is 0.573 e. The second-order valence-electron chi connectivity index (χ2n) is 3.89. The van der Waals surface area contributed by atoms with E-state index in [1.807, 2.05) is 0 Å². The Hall–Kier alpha value is -2.28. The third-order valence-electron chi connectivity index (χ3n) is 2.34. The lowest BCUT2D eigenvalue weighted by molar-refractivity contribution is -0.274. The van der Waals surface area contributed by atoms with Crippen molar-refractivity contribution in [1.29, 1.82) is 0 Å². The van der Waals surface area contributed by atoms with Crippen LogP contribution in [0, 0.1) is 0 Å². The fraction of sp³-hybridized carbons (Fsp3) is 0.0769. The molecule has 0 saturated heterocycles. The van der Waals surface area contributed by atoms with Gasteiger partial charge >= 0.3 is 6.36 Å². The number of anilines is 1. The summed E-state index contributed by atoms with van der Waals surface area (Å²) in [6.45, 7) is 0. The van der Waals surface area contributed by atoms with Crippen LogP contribution in [0.1, 0.15) is 10.4 Å². The van der Waals surface area contributed by atoms with E-state index in [-0.39, 0.29) is 16.3 Å².